The molecule has 1 aromatic rings. The maximum atomic E-state index is 13.7. The zero-order valence-electron chi connectivity index (χ0n) is 70.1. The van der Waals surface area contributed by atoms with Crippen LogP contribution in [0.4, 0.5) is 4.79 Å². The van der Waals surface area contributed by atoms with Gasteiger partial charge in [0.05, 0.1) is 70.0 Å². The molecule has 0 aliphatic carbocycles. The zero-order chi connectivity index (χ0) is 83.8. The van der Waals surface area contributed by atoms with E-state index in [-0.39, 0.29) is 212 Å². The number of rotatable bonds is 60. The fraction of sp³-hybridized carbons (Fsp3) is 0.786. The Morgan fingerprint density at radius 1 is 0.360 bits per heavy atom. The van der Waals surface area contributed by atoms with Crippen LogP contribution < -0.4 is 26.6 Å². The van der Waals surface area contributed by atoms with E-state index in [1.54, 1.807) is 12.1 Å². The number of nitrogens with one attached hydrogen (secondary N) is 5. The molecule has 5 N–H and O–H groups in total. The first-order valence-electron chi connectivity index (χ1n) is 41.6. The van der Waals surface area contributed by atoms with Gasteiger partial charge in [-0.25, -0.2) is 4.79 Å². The number of esters is 3. The first-order valence-corrected chi connectivity index (χ1v) is 41.6. The van der Waals surface area contributed by atoms with Gasteiger partial charge in [-0.05, 0) is 112 Å². The SMILES string of the molecule is CC(=O)NC1[C@H](OCCCCC(=O)CCCCCC(=O)CCOCC(COCCC(=O)CCCCCC(=O)CCCCO[C@@H]2OC(COC(C)=O)[C@H](C)[C@H](C)C2C)(COCCC(=O)NCCCNC(=O)CCCCO[C@@H]2OC(COC(C)=O)[C@H](C)[C@H](C)C2NC(C)=O)NC(=O)OCc2ccccc2)OC(COC(C)=O)[C@H](C)[C@@H]1C. The number of benzene rings is 1. The Morgan fingerprint density at radius 3 is 1.11 bits per heavy atom. The summed E-state index contributed by atoms with van der Waals surface area (Å²) in [6.07, 6.45) is 6.34. The van der Waals surface area contributed by atoms with Gasteiger partial charge in [-0.1, -0.05) is 91.6 Å². The molecule has 5 amide bonds. The zero-order valence-corrected chi connectivity index (χ0v) is 70.1. The summed E-state index contributed by atoms with van der Waals surface area (Å²) in [7, 11) is 0. The Hall–Kier alpha value is -6.90. The van der Waals surface area contributed by atoms with Crippen LogP contribution in [-0.4, -0.2) is 218 Å². The molecular weight excluding hydrogens is 1480 g/mol. The van der Waals surface area contributed by atoms with Crippen LogP contribution in [0, 0.1) is 41.4 Å². The number of hydrogen-bond acceptors (Lipinski definition) is 25. The van der Waals surface area contributed by atoms with Crippen molar-refractivity contribution in [3.8, 4) is 0 Å². The third-order valence-corrected chi connectivity index (χ3v) is 21.6. The Morgan fingerprint density at radius 2 is 0.711 bits per heavy atom. The molecule has 0 radical (unpaired) electrons. The molecule has 0 bridgehead atoms. The summed E-state index contributed by atoms with van der Waals surface area (Å²) in [6, 6.07) is 8.24. The molecule has 1 aromatic carbocycles. The highest BCUT2D eigenvalue weighted by Gasteiger charge is 2.45. The number of ketones is 4. The van der Waals surface area contributed by atoms with Crippen molar-refractivity contribution in [1.29, 1.82) is 0 Å². The molecule has 4 rings (SSSR count). The lowest BCUT2D eigenvalue weighted by Crippen LogP contribution is -2.58. The van der Waals surface area contributed by atoms with Crippen LogP contribution >= 0.6 is 0 Å². The molecule has 30 nitrogen and oxygen atoms in total. The van der Waals surface area contributed by atoms with Crippen LogP contribution in [0.15, 0.2) is 30.3 Å². The quantitative estimate of drug-likeness (QED) is 0.0230. The van der Waals surface area contributed by atoms with Crippen LogP contribution in [0.25, 0.3) is 0 Å². The van der Waals surface area contributed by atoms with Crippen molar-refractivity contribution in [3.63, 3.8) is 0 Å². The molecule has 3 fully saturated rings. The lowest BCUT2D eigenvalue weighted by atomic mass is 9.79. The normalized spacial score (nSPS) is 23.9. The molecule has 0 saturated carbocycles. The molecule has 3 aliphatic heterocycles. The topological polar surface area (TPSA) is 385 Å². The first kappa shape index (κ1) is 99.5. The number of amides is 5. The average molecular weight is 1620 g/mol. The summed E-state index contributed by atoms with van der Waals surface area (Å²) in [6.45, 7) is 22.2. The molecule has 7 unspecified atom stereocenters. The van der Waals surface area contributed by atoms with Crippen LogP contribution in [0.3, 0.4) is 0 Å². The van der Waals surface area contributed by atoms with Gasteiger partial charge in [-0.15, -0.1) is 0 Å². The minimum atomic E-state index is -1.44. The molecule has 30 heteroatoms. The predicted molar refractivity (Wildman–Crippen MR) is 420 cm³/mol. The van der Waals surface area contributed by atoms with Crippen molar-refractivity contribution in [2.45, 2.75) is 292 Å². The highest BCUT2D eigenvalue weighted by atomic mass is 16.7. The average Bonchev–Trinajstić information content (AvgIpc) is 0.815. The number of hydrogen-bond donors (Lipinski definition) is 5. The monoisotopic (exact) mass is 1620 g/mol. The summed E-state index contributed by atoms with van der Waals surface area (Å²) in [5.41, 5.74) is -0.713. The Bertz CT molecular complexity index is 2930. The molecule has 0 aromatic heterocycles. The lowest BCUT2D eigenvalue weighted by molar-refractivity contribution is -0.255. The summed E-state index contributed by atoms with van der Waals surface area (Å²) in [5.74, 6) is -1.47. The second-order valence-electron chi connectivity index (χ2n) is 31.2. The second kappa shape index (κ2) is 56.4. The van der Waals surface area contributed by atoms with Gasteiger partial charge in [0.2, 0.25) is 23.6 Å². The van der Waals surface area contributed by atoms with Gasteiger partial charge < -0.3 is 88.2 Å². The van der Waals surface area contributed by atoms with Gasteiger partial charge in [-0.3, -0.25) is 52.7 Å². The van der Waals surface area contributed by atoms with Crippen LogP contribution in [0.1, 0.15) is 236 Å². The van der Waals surface area contributed by atoms with E-state index in [1.807, 2.05) is 45.9 Å². The number of Topliss-reactive ketones (excluding diaryl/α,β-unsaturated/α-hetero) is 4. The summed E-state index contributed by atoms with van der Waals surface area (Å²) >= 11 is 0. The van der Waals surface area contributed by atoms with E-state index in [0.29, 0.717) is 135 Å². The van der Waals surface area contributed by atoms with Crippen molar-refractivity contribution in [2.24, 2.45) is 41.4 Å². The maximum absolute atomic E-state index is 13.7. The molecule has 3 heterocycles. The molecule has 0 spiro atoms. The third kappa shape index (κ3) is 41.3. The summed E-state index contributed by atoms with van der Waals surface area (Å²) in [4.78, 5) is 150. The van der Waals surface area contributed by atoms with Crippen LogP contribution in [-0.2, 0) is 121 Å². The number of unbranched alkanes of at least 4 members (excludes halogenated alkanes) is 7. The van der Waals surface area contributed by atoms with E-state index in [2.05, 4.69) is 47.4 Å². The highest BCUT2D eigenvalue weighted by molar-refractivity contribution is 5.80. The van der Waals surface area contributed by atoms with Crippen molar-refractivity contribution in [3.05, 3.63) is 35.9 Å². The second-order valence-corrected chi connectivity index (χ2v) is 31.2. The van der Waals surface area contributed by atoms with Crippen LogP contribution in [0.5, 0.6) is 0 Å². The van der Waals surface area contributed by atoms with Crippen molar-refractivity contribution < 1.29 is 119 Å². The highest BCUT2D eigenvalue weighted by Crippen LogP contribution is 2.37. The minimum absolute atomic E-state index is 0.0144. The first-order chi connectivity index (χ1) is 54.5. The van der Waals surface area contributed by atoms with Gasteiger partial charge >= 0.3 is 24.0 Å². The fourth-order valence-electron chi connectivity index (χ4n) is 13.8. The molecular formula is C84H137N5O25. The summed E-state index contributed by atoms with van der Waals surface area (Å²) in [5, 5.41) is 14.5. The van der Waals surface area contributed by atoms with Gasteiger partial charge in [0.1, 0.15) is 55.1 Å². The maximum Gasteiger partial charge on any atom is 0.408 e. The Labute approximate surface area is 675 Å². The van der Waals surface area contributed by atoms with E-state index in [4.69, 9.17) is 61.6 Å². The van der Waals surface area contributed by atoms with E-state index >= 15 is 0 Å². The standard InChI is InChI=1S/C84H137N5O25/c1-56-57(2)73(50-108-65(10)92)112-80(62(56)7)105-43-25-22-35-69(95)31-18-14-20-33-71(97)38-46-102-53-84(89-83(101)111-49-68-29-16-13-17-30-68,54-103-47-39-72(98)34-21-15-19-32-70(96)36-23-26-44-106-81-78(87-63(8)90)60(5)58(3)74(113-81)51-109-66(11)93)55-104-48-40-77(100)86-42-28-41-85-76(99)37-24-27-45-107-82-79(88-64(9)91)61(6)59(4)75(114-82)52-110-67(12)94/h13,16-17,29-30,56-62,73-75,78-82H,14-15,18-28,31-55H2,1-12H3,(H,85,99)(H,86,100)(H,87,90)(H,88,91)(H,89,101)/t56-,57+,58+,59+,60-,61-,62?,73?,74?,75?,78?,79?,80+,81+,82+,84?/m0/s1. The van der Waals surface area contributed by atoms with Gasteiger partial charge in [0.15, 0.2) is 18.9 Å². The number of carbonyl (C=O) groups is 12. The van der Waals surface area contributed by atoms with Crippen molar-refractivity contribution in [1.82, 2.24) is 26.6 Å². The van der Waals surface area contributed by atoms with Crippen molar-refractivity contribution >= 4 is 70.8 Å². The summed E-state index contributed by atoms with van der Waals surface area (Å²) < 4.78 is 76.5. The largest absolute Gasteiger partial charge is 0.463 e. The predicted octanol–water partition coefficient (Wildman–Crippen LogP) is 9.56. The van der Waals surface area contributed by atoms with Crippen LogP contribution in [0.2, 0.25) is 0 Å². The molecule has 16 atom stereocenters. The number of carbonyl (C=O) groups excluding carboxylic acids is 12. The Balaban J connectivity index is 1.25. The molecule has 648 valence electrons. The fourth-order valence-corrected chi connectivity index (χ4v) is 13.8. The minimum Gasteiger partial charge on any atom is -0.463 e. The van der Waals surface area contributed by atoms with Gasteiger partial charge in [-0.2, -0.15) is 0 Å². The van der Waals surface area contributed by atoms with E-state index < -0.39 is 66.7 Å². The van der Waals surface area contributed by atoms with E-state index in [9.17, 15) is 57.5 Å². The lowest BCUT2D eigenvalue weighted by Gasteiger charge is -2.44. The van der Waals surface area contributed by atoms with E-state index in [1.165, 1.54) is 34.6 Å². The van der Waals surface area contributed by atoms with Gasteiger partial charge in [0, 0.05) is 138 Å². The Kier molecular flexibility index (Phi) is 49.2. The number of alkyl carbamates (subject to hydrolysis) is 1. The molecule has 3 saturated heterocycles. The smallest absolute Gasteiger partial charge is 0.408 e. The van der Waals surface area contributed by atoms with Gasteiger partial charge in [0.25, 0.3) is 0 Å². The molecule has 114 heavy (non-hydrogen) atoms. The third-order valence-electron chi connectivity index (χ3n) is 21.6. The van der Waals surface area contributed by atoms with Crippen molar-refractivity contribution in [2.75, 3.05) is 92.4 Å². The number of ether oxygens (including phenoxy) is 13. The molecule has 3 aliphatic rings. The van der Waals surface area contributed by atoms with E-state index in [0.717, 1.165) is 5.56 Å².